The Balaban J connectivity index is 2.01. The highest BCUT2D eigenvalue weighted by atomic mass is 35.5. The Bertz CT molecular complexity index is 932. The van der Waals surface area contributed by atoms with E-state index in [-0.39, 0.29) is 21.5 Å². The van der Waals surface area contributed by atoms with Crippen molar-refractivity contribution < 1.29 is 32.4 Å². The zero-order chi connectivity index (χ0) is 23.2. The molecule has 1 atom stereocenters. The Labute approximate surface area is 186 Å². The van der Waals surface area contributed by atoms with Gasteiger partial charge in [-0.3, -0.25) is 14.9 Å². The standard InChI is InChI=1S/C19H26ClN3O7S/c1-12(17(24)22-19(26)21-14-7-5-4-6-8-14)30-18(25)13-9-10-15(20)16(11-13)31(27,28)23(2)29-3/h9-12,14H,4-8H2,1-3H3,(H2,21,22,24,26). The summed E-state index contributed by atoms with van der Waals surface area (Å²) < 4.78 is 30.5. The zero-order valence-electron chi connectivity index (χ0n) is 17.5. The molecule has 0 saturated heterocycles. The molecule has 0 bridgehead atoms. The Kier molecular flexibility index (Phi) is 8.80. The minimum absolute atomic E-state index is 0.0130. The van der Waals surface area contributed by atoms with Crippen molar-refractivity contribution in [3.63, 3.8) is 0 Å². The van der Waals surface area contributed by atoms with Crippen molar-refractivity contribution in [2.45, 2.75) is 56.1 Å². The topological polar surface area (TPSA) is 131 Å². The lowest BCUT2D eigenvalue weighted by Gasteiger charge is -2.23. The van der Waals surface area contributed by atoms with Crippen LogP contribution in [0.15, 0.2) is 23.1 Å². The van der Waals surface area contributed by atoms with Gasteiger partial charge < -0.3 is 10.1 Å². The summed E-state index contributed by atoms with van der Waals surface area (Å²) in [6.07, 6.45) is 3.58. The molecule has 1 aliphatic carbocycles. The Morgan fingerprint density at radius 1 is 1.19 bits per heavy atom. The number of sulfonamides is 1. The first kappa shape index (κ1) is 25.1. The molecule has 1 aromatic carbocycles. The molecule has 3 amide bonds. The second-order valence-corrected chi connectivity index (χ2v) is 9.40. The van der Waals surface area contributed by atoms with Crippen LogP contribution in [-0.4, -0.2) is 57.1 Å². The average Bonchev–Trinajstić information content (AvgIpc) is 2.73. The maximum absolute atomic E-state index is 12.4. The van der Waals surface area contributed by atoms with Crippen LogP contribution in [0.5, 0.6) is 0 Å². The first-order chi connectivity index (χ1) is 14.6. The van der Waals surface area contributed by atoms with Gasteiger partial charge in [0.05, 0.1) is 17.7 Å². The molecule has 1 saturated carbocycles. The second kappa shape index (κ2) is 10.9. The van der Waals surface area contributed by atoms with Crippen LogP contribution in [0.4, 0.5) is 4.79 Å². The third kappa shape index (κ3) is 6.63. The number of nitrogens with one attached hydrogen (secondary N) is 2. The van der Waals surface area contributed by atoms with Crippen molar-refractivity contribution in [3.05, 3.63) is 28.8 Å². The number of nitrogens with zero attached hydrogens (tertiary/aromatic N) is 1. The van der Waals surface area contributed by atoms with E-state index in [1.165, 1.54) is 26.1 Å². The van der Waals surface area contributed by atoms with Crippen molar-refractivity contribution in [1.29, 1.82) is 0 Å². The maximum atomic E-state index is 12.4. The molecular formula is C19H26ClN3O7S. The lowest BCUT2D eigenvalue weighted by atomic mass is 9.96. The minimum atomic E-state index is -4.11. The smallest absolute Gasteiger partial charge is 0.338 e. The number of halogens is 1. The fourth-order valence-electron chi connectivity index (χ4n) is 3.03. The van der Waals surface area contributed by atoms with Crippen molar-refractivity contribution in [3.8, 4) is 0 Å². The van der Waals surface area contributed by atoms with Gasteiger partial charge in [-0.1, -0.05) is 35.3 Å². The van der Waals surface area contributed by atoms with Gasteiger partial charge in [-0.2, -0.15) is 0 Å². The van der Waals surface area contributed by atoms with Crippen molar-refractivity contribution in [2.24, 2.45) is 0 Å². The monoisotopic (exact) mass is 475 g/mol. The normalized spacial score (nSPS) is 15.9. The van der Waals surface area contributed by atoms with Gasteiger partial charge >= 0.3 is 12.0 Å². The van der Waals surface area contributed by atoms with Gasteiger partial charge in [0.25, 0.3) is 15.9 Å². The van der Waals surface area contributed by atoms with Crippen LogP contribution in [0, 0.1) is 0 Å². The minimum Gasteiger partial charge on any atom is -0.449 e. The molecule has 1 fully saturated rings. The second-order valence-electron chi connectivity index (χ2n) is 7.09. The fraction of sp³-hybridized carbons (Fsp3) is 0.526. The Hall–Kier alpha value is -2.21. The SMILES string of the molecule is CON(C)S(=O)(=O)c1cc(C(=O)OC(C)C(=O)NC(=O)NC2CCCCC2)ccc1Cl. The molecule has 12 heteroatoms. The highest BCUT2D eigenvalue weighted by Gasteiger charge is 2.27. The van der Waals surface area contributed by atoms with Crippen LogP contribution in [0.3, 0.4) is 0 Å². The van der Waals surface area contributed by atoms with E-state index in [0.717, 1.165) is 45.3 Å². The van der Waals surface area contributed by atoms with E-state index >= 15 is 0 Å². The first-order valence-electron chi connectivity index (χ1n) is 9.71. The number of imide groups is 1. The molecule has 2 N–H and O–H groups in total. The summed E-state index contributed by atoms with van der Waals surface area (Å²) in [5.41, 5.74) is -0.140. The van der Waals surface area contributed by atoms with Crippen LogP contribution in [0.25, 0.3) is 0 Å². The van der Waals surface area contributed by atoms with Gasteiger partial charge in [0, 0.05) is 13.1 Å². The van der Waals surface area contributed by atoms with E-state index in [1.54, 1.807) is 0 Å². The molecule has 0 radical (unpaired) electrons. The van der Waals surface area contributed by atoms with Gasteiger partial charge in [0.15, 0.2) is 6.10 Å². The number of carbonyl (C=O) groups excluding carboxylic acids is 3. The van der Waals surface area contributed by atoms with Crippen LogP contribution >= 0.6 is 11.6 Å². The summed E-state index contributed by atoms with van der Waals surface area (Å²) in [5.74, 6) is -1.76. The summed E-state index contributed by atoms with van der Waals surface area (Å²) in [5, 5.41) is 4.75. The van der Waals surface area contributed by atoms with E-state index in [4.69, 9.17) is 21.2 Å². The largest absolute Gasteiger partial charge is 0.449 e. The zero-order valence-corrected chi connectivity index (χ0v) is 19.1. The summed E-state index contributed by atoms with van der Waals surface area (Å²) in [4.78, 5) is 40.9. The third-order valence-corrected chi connectivity index (χ3v) is 7.03. The van der Waals surface area contributed by atoms with Crippen molar-refractivity contribution in [2.75, 3.05) is 14.2 Å². The molecule has 1 unspecified atom stereocenters. The van der Waals surface area contributed by atoms with E-state index in [1.807, 2.05) is 0 Å². The quantitative estimate of drug-likeness (QED) is 0.456. The van der Waals surface area contributed by atoms with Crippen molar-refractivity contribution in [1.82, 2.24) is 15.1 Å². The molecule has 0 aliphatic heterocycles. The van der Waals surface area contributed by atoms with E-state index in [0.29, 0.717) is 4.47 Å². The van der Waals surface area contributed by atoms with Crippen LogP contribution in [-0.2, 0) is 24.4 Å². The number of esters is 1. The molecule has 0 spiro atoms. The van der Waals surface area contributed by atoms with E-state index in [9.17, 15) is 22.8 Å². The number of urea groups is 1. The summed E-state index contributed by atoms with van der Waals surface area (Å²) in [6.45, 7) is 1.30. The van der Waals surface area contributed by atoms with Crippen LogP contribution < -0.4 is 10.6 Å². The molecule has 31 heavy (non-hydrogen) atoms. The molecule has 1 aliphatic rings. The van der Waals surface area contributed by atoms with Crippen molar-refractivity contribution >= 4 is 39.5 Å². The lowest BCUT2D eigenvalue weighted by molar-refractivity contribution is -0.127. The average molecular weight is 476 g/mol. The predicted octanol–water partition coefficient (Wildman–Crippen LogP) is 2.23. The molecule has 1 aromatic rings. The van der Waals surface area contributed by atoms with Crippen LogP contribution in [0.2, 0.25) is 5.02 Å². The van der Waals surface area contributed by atoms with E-state index < -0.39 is 34.0 Å². The number of hydrogen-bond acceptors (Lipinski definition) is 7. The lowest BCUT2D eigenvalue weighted by Crippen LogP contribution is -2.48. The summed E-state index contributed by atoms with van der Waals surface area (Å²) >= 11 is 5.96. The summed E-state index contributed by atoms with van der Waals surface area (Å²) in [6, 6.07) is 2.87. The summed E-state index contributed by atoms with van der Waals surface area (Å²) in [7, 11) is -1.78. The predicted molar refractivity (Wildman–Crippen MR) is 112 cm³/mol. The molecule has 2 rings (SSSR count). The van der Waals surface area contributed by atoms with Gasteiger partial charge in [-0.25, -0.2) is 18.0 Å². The van der Waals surface area contributed by atoms with Gasteiger partial charge in [0.2, 0.25) is 0 Å². The maximum Gasteiger partial charge on any atom is 0.338 e. The van der Waals surface area contributed by atoms with E-state index in [2.05, 4.69) is 10.6 Å². The third-order valence-electron chi connectivity index (χ3n) is 4.87. The number of hydroxylamine groups is 1. The highest BCUT2D eigenvalue weighted by Crippen LogP contribution is 2.26. The Morgan fingerprint density at radius 3 is 2.45 bits per heavy atom. The number of carbonyl (C=O) groups is 3. The fourth-order valence-corrected chi connectivity index (χ4v) is 4.50. The molecular weight excluding hydrogens is 450 g/mol. The molecule has 172 valence electrons. The van der Waals surface area contributed by atoms with Gasteiger partial charge in [-0.05, 0) is 38.0 Å². The molecule has 10 nitrogen and oxygen atoms in total. The Morgan fingerprint density at radius 2 is 1.84 bits per heavy atom. The van der Waals surface area contributed by atoms with Gasteiger partial charge in [-0.15, -0.1) is 0 Å². The number of hydrogen-bond donors (Lipinski definition) is 2. The van der Waals surface area contributed by atoms with Gasteiger partial charge in [0.1, 0.15) is 4.90 Å². The number of benzene rings is 1. The molecule has 0 heterocycles. The number of ether oxygens (including phenoxy) is 1. The number of amides is 3. The highest BCUT2D eigenvalue weighted by molar-refractivity contribution is 7.89. The molecule has 0 aromatic heterocycles. The number of rotatable bonds is 7. The first-order valence-corrected chi connectivity index (χ1v) is 11.5. The van der Waals surface area contributed by atoms with Crippen LogP contribution in [0.1, 0.15) is 49.4 Å².